The minimum Gasteiger partial charge on any atom is -1.00 e. The monoisotopic (exact) mass is 523 g/mol. The first-order valence-electron chi connectivity index (χ1n) is 12.5. The van der Waals surface area contributed by atoms with Gasteiger partial charge in [-0.25, -0.2) is 0 Å². The van der Waals surface area contributed by atoms with Gasteiger partial charge in [-0.1, -0.05) is 55.5 Å². The Morgan fingerprint density at radius 3 is 1.43 bits per heavy atom. The fourth-order valence-electron chi connectivity index (χ4n) is 4.13. The Kier molecular flexibility index (Phi) is 11.4. The van der Waals surface area contributed by atoms with E-state index in [-0.39, 0.29) is 35.5 Å². The molecule has 0 unspecified atom stereocenters. The van der Waals surface area contributed by atoms with Crippen LogP contribution in [0.15, 0.2) is 72.1 Å². The van der Waals surface area contributed by atoms with Crippen LogP contribution in [0, 0.1) is 0 Å². The smallest absolute Gasteiger partial charge is 0.209 e. The van der Waals surface area contributed by atoms with Crippen molar-refractivity contribution in [3.63, 3.8) is 0 Å². The molecular formula is C29H34ClN3O4. The maximum atomic E-state index is 12.3. The third kappa shape index (κ3) is 7.24. The zero-order chi connectivity index (χ0) is 26.1. The Morgan fingerprint density at radius 2 is 1.03 bits per heavy atom. The van der Waals surface area contributed by atoms with E-state index in [0.29, 0.717) is 46.7 Å². The van der Waals surface area contributed by atoms with Gasteiger partial charge in [0, 0.05) is 41.0 Å². The van der Waals surface area contributed by atoms with Crippen LogP contribution in [0.4, 0.5) is 0 Å². The maximum Gasteiger partial charge on any atom is 0.209 e. The van der Waals surface area contributed by atoms with E-state index in [1.54, 1.807) is 48.5 Å². The number of quaternary nitrogens is 1. The molecular weight excluding hydrogens is 490 g/mol. The average Bonchev–Trinajstić information content (AvgIpc) is 2.91. The van der Waals surface area contributed by atoms with Crippen molar-refractivity contribution in [2.24, 2.45) is 0 Å². The standard InChI is InChI=1S/C16H20N2O2.C13H13NO2.ClH/c1-3-18(4-2)10-9-17-14-11-15(19)12-7-5-6-8-13(12)16(14)20;1-2-7-14-11-8-12(15)9-5-3-4-6-10(9)13(11)16;/h5-8,11,17H,3-4,9-10H2,1-2H3;3-6,8,14H,2,7H2,1H3;1H. The molecule has 2 aliphatic carbocycles. The van der Waals surface area contributed by atoms with Gasteiger partial charge in [0.2, 0.25) is 11.6 Å². The molecule has 0 bridgehead atoms. The minimum atomic E-state index is -0.103. The number of benzene rings is 2. The minimum absolute atomic E-state index is 0. The van der Waals surface area contributed by atoms with Crippen LogP contribution in [0.1, 0.15) is 68.6 Å². The van der Waals surface area contributed by atoms with E-state index in [1.165, 1.54) is 17.1 Å². The molecule has 2 aliphatic rings. The molecule has 7 nitrogen and oxygen atoms in total. The number of nitrogens with one attached hydrogen (secondary N) is 3. The molecule has 0 saturated heterocycles. The second kappa shape index (κ2) is 14.3. The molecule has 2 aromatic rings. The van der Waals surface area contributed by atoms with Crippen molar-refractivity contribution in [2.45, 2.75) is 27.2 Å². The maximum absolute atomic E-state index is 12.3. The lowest BCUT2D eigenvalue weighted by Gasteiger charge is -2.19. The highest BCUT2D eigenvalue weighted by molar-refractivity contribution is 6.25. The fraction of sp³-hybridized carbons (Fsp3) is 0.310. The van der Waals surface area contributed by atoms with E-state index in [4.69, 9.17) is 0 Å². The Labute approximate surface area is 224 Å². The molecule has 8 heteroatoms. The zero-order valence-corrected chi connectivity index (χ0v) is 22.3. The predicted octanol–water partition coefficient (Wildman–Crippen LogP) is -0.583. The van der Waals surface area contributed by atoms with E-state index >= 15 is 0 Å². The van der Waals surface area contributed by atoms with Crippen LogP contribution in [0.3, 0.4) is 0 Å². The lowest BCUT2D eigenvalue weighted by Crippen LogP contribution is -3.12. The SMILES string of the molecule is CCCNC1=CC(=O)c2ccccc2C1=O.CC[NH+](CC)CCNC1=CC(=O)c2ccccc2C1=O.[Cl-]. The Bertz CT molecular complexity index is 1220. The molecule has 0 amide bonds. The van der Waals surface area contributed by atoms with Crippen molar-refractivity contribution in [1.29, 1.82) is 0 Å². The number of carbonyl (C=O) groups excluding carboxylic acids is 4. The van der Waals surface area contributed by atoms with E-state index in [0.717, 1.165) is 26.1 Å². The number of rotatable bonds is 9. The first-order valence-corrected chi connectivity index (χ1v) is 12.5. The number of likely N-dealkylation sites (N-methyl/N-ethyl adjacent to an activating group) is 1. The number of hydrogen-bond donors (Lipinski definition) is 3. The van der Waals surface area contributed by atoms with Gasteiger partial charge in [-0.3, -0.25) is 19.2 Å². The van der Waals surface area contributed by atoms with Crippen molar-refractivity contribution in [3.8, 4) is 0 Å². The van der Waals surface area contributed by atoms with Gasteiger partial charge in [0.1, 0.15) is 0 Å². The second-order valence-electron chi connectivity index (χ2n) is 8.65. The molecule has 196 valence electrons. The molecule has 0 fully saturated rings. The summed E-state index contributed by atoms with van der Waals surface area (Å²) in [6.07, 6.45) is 3.73. The van der Waals surface area contributed by atoms with Gasteiger partial charge in [-0.05, 0) is 20.3 Å². The van der Waals surface area contributed by atoms with Crippen LogP contribution < -0.4 is 27.9 Å². The molecule has 0 atom stereocenters. The predicted molar refractivity (Wildman–Crippen MR) is 140 cm³/mol. The van der Waals surface area contributed by atoms with Gasteiger partial charge in [-0.2, -0.15) is 0 Å². The Hall–Kier alpha value is -3.55. The van der Waals surface area contributed by atoms with Crippen LogP contribution in [-0.4, -0.2) is 55.9 Å². The van der Waals surface area contributed by atoms with Gasteiger partial charge < -0.3 is 27.9 Å². The summed E-state index contributed by atoms with van der Waals surface area (Å²) in [5.41, 5.74) is 2.81. The van der Waals surface area contributed by atoms with Crippen LogP contribution >= 0.6 is 0 Å². The number of ketones is 4. The summed E-state index contributed by atoms with van der Waals surface area (Å²) in [7, 11) is 0. The molecule has 0 heterocycles. The number of fused-ring (bicyclic) bond motifs is 2. The van der Waals surface area contributed by atoms with Gasteiger partial charge in [-0.15, -0.1) is 0 Å². The topological polar surface area (TPSA) is 96.8 Å². The van der Waals surface area contributed by atoms with Crippen LogP contribution in [0.2, 0.25) is 0 Å². The molecule has 3 N–H and O–H groups in total. The third-order valence-corrected chi connectivity index (χ3v) is 6.27. The third-order valence-electron chi connectivity index (χ3n) is 6.27. The van der Waals surface area contributed by atoms with Crippen LogP contribution in [0.5, 0.6) is 0 Å². The molecule has 37 heavy (non-hydrogen) atoms. The van der Waals surface area contributed by atoms with E-state index < -0.39 is 0 Å². The molecule has 0 radical (unpaired) electrons. The Balaban J connectivity index is 0.000000259. The highest BCUT2D eigenvalue weighted by Gasteiger charge is 2.25. The van der Waals surface area contributed by atoms with Gasteiger partial charge in [0.25, 0.3) is 0 Å². The van der Waals surface area contributed by atoms with Crippen LogP contribution in [-0.2, 0) is 0 Å². The summed E-state index contributed by atoms with van der Waals surface area (Å²) in [6, 6.07) is 13.9. The van der Waals surface area contributed by atoms with Crippen molar-refractivity contribution >= 4 is 23.1 Å². The zero-order valence-electron chi connectivity index (χ0n) is 21.5. The van der Waals surface area contributed by atoms with Crippen molar-refractivity contribution in [2.75, 3.05) is 32.7 Å². The Morgan fingerprint density at radius 1 is 0.622 bits per heavy atom. The van der Waals surface area contributed by atoms with Gasteiger partial charge in [0.15, 0.2) is 11.6 Å². The number of hydrogen-bond acceptors (Lipinski definition) is 6. The summed E-state index contributed by atoms with van der Waals surface area (Å²) in [4.78, 5) is 49.5. The van der Waals surface area contributed by atoms with E-state index in [1.807, 2.05) is 6.92 Å². The van der Waals surface area contributed by atoms with Crippen molar-refractivity contribution < 1.29 is 36.5 Å². The fourth-order valence-corrected chi connectivity index (χ4v) is 4.13. The summed E-state index contributed by atoms with van der Waals surface area (Å²) in [5, 5.41) is 6.09. The van der Waals surface area contributed by atoms with Gasteiger partial charge in [0.05, 0.1) is 37.6 Å². The first-order chi connectivity index (χ1) is 17.4. The summed E-state index contributed by atoms with van der Waals surface area (Å²) in [6.45, 7) is 10.8. The second-order valence-corrected chi connectivity index (χ2v) is 8.65. The number of carbonyl (C=O) groups is 4. The highest BCUT2D eigenvalue weighted by atomic mass is 35.5. The van der Waals surface area contributed by atoms with Crippen molar-refractivity contribution in [3.05, 3.63) is 94.3 Å². The number of allylic oxidation sites excluding steroid dienone is 4. The lowest BCUT2D eigenvalue weighted by atomic mass is 9.93. The lowest BCUT2D eigenvalue weighted by molar-refractivity contribution is -0.895. The molecule has 4 rings (SSSR count). The first kappa shape index (κ1) is 29.7. The molecule has 0 aromatic heterocycles. The quantitative estimate of drug-likeness (QED) is 0.407. The van der Waals surface area contributed by atoms with Gasteiger partial charge >= 0.3 is 0 Å². The molecule has 0 spiro atoms. The summed E-state index contributed by atoms with van der Waals surface area (Å²) >= 11 is 0. The average molecular weight is 524 g/mol. The summed E-state index contributed by atoms with van der Waals surface area (Å²) in [5.74, 6) is -0.384. The molecule has 2 aromatic carbocycles. The summed E-state index contributed by atoms with van der Waals surface area (Å²) < 4.78 is 0. The normalized spacial score (nSPS) is 13.9. The molecule has 0 aliphatic heterocycles. The molecule has 0 saturated carbocycles. The number of halogens is 1. The highest BCUT2D eigenvalue weighted by Crippen LogP contribution is 2.20. The van der Waals surface area contributed by atoms with E-state index in [9.17, 15) is 19.2 Å². The van der Waals surface area contributed by atoms with E-state index in [2.05, 4.69) is 24.5 Å². The van der Waals surface area contributed by atoms with Crippen LogP contribution in [0.25, 0.3) is 0 Å². The van der Waals surface area contributed by atoms with Crippen molar-refractivity contribution in [1.82, 2.24) is 10.6 Å². The largest absolute Gasteiger partial charge is 1.00 e. The number of Topliss-reactive ketones (excluding diaryl/α,β-unsaturated/α-hetero) is 2.